The quantitative estimate of drug-likeness (QED) is 0.735. The molecule has 2 heteroatoms. The summed E-state index contributed by atoms with van der Waals surface area (Å²) < 4.78 is 2.63. The van der Waals surface area contributed by atoms with Crippen LogP contribution in [0.5, 0.6) is 0 Å². The molecule has 0 atom stereocenters. The Hall–Kier alpha value is -0.340. The SMILES string of the molecule is CCc1cc(Br)c2scc(CC)c2c1. The Balaban J connectivity index is 2.73. The van der Waals surface area contributed by atoms with Crippen LogP contribution >= 0.6 is 27.3 Å². The van der Waals surface area contributed by atoms with E-state index >= 15 is 0 Å². The van der Waals surface area contributed by atoms with Gasteiger partial charge in [-0.2, -0.15) is 0 Å². The summed E-state index contributed by atoms with van der Waals surface area (Å²) in [6, 6.07) is 4.56. The highest BCUT2D eigenvalue weighted by Gasteiger charge is 2.06. The summed E-state index contributed by atoms with van der Waals surface area (Å²) in [6.07, 6.45) is 2.23. The maximum absolute atomic E-state index is 3.64. The van der Waals surface area contributed by atoms with Gasteiger partial charge in [-0.05, 0) is 62.8 Å². The molecule has 2 aromatic rings. The van der Waals surface area contributed by atoms with Crippen molar-refractivity contribution in [1.82, 2.24) is 0 Å². The lowest BCUT2D eigenvalue weighted by atomic mass is 10.1. The van der Waals surface area contributed by atoms with E-state index in [1.165, 1.54) is 25.7 Å². The molecule has 0 fully saturated rings. The van der Waals surface area contributed by atoms with Gasteiger partial charge in [0.25, 0.3) is 0 Å². The summed E-state index contributed by atoms with van der Waals surface area (Å²) in [4.78, 5) is 0. The smallest absolute Gasteiger partial charge is 0.0487 e. The lowest BCUT2D eigenvalue weighted by Crippen LogP contribution is -1.82. The molecule has 14 heavy (non-hydrogen) atoms. The van der Waals surface area contributed by atoms with E-state index in [-0.39, 0.29) is 0 Å². The van der Waals surface area contributed by atoms with E-state index in [2.05, 4.69) is 47.3 Å². The van der Waals surface area contributed by atoms with Gasteiger partial charge >= 0.3 is 0 Å². The number of hydrogen-bond donors (Lipinski definition) is 0. The highest BCUT2D eigenvalue weighted by Crippen LogP contribution is 2.33. The number of halogens is 1. The van der Waals surface area contributed by atoms with Crippen LogP contribution in [0.2, 0.25) is 0 Å². The van der Waals surface area contributed by atoms with Crippen LogP contribution in [0.1, 0.15) is 25.0 Å². The monoisotopic (exact) mass is 268 g/mol. The second kappa shape index (κ2) is 4.03. The number of benzene rings is 1. The molecule has 0 aliphatic carbocycles. The molecule has 0 aliphatic rings. The van der Waals surface area contributed by atoms with Crippen LogP contribution in [-0.4, -0.2) is 0 Å². The summed E-state index contributed by atoms with van der Waals surface area (Å²) >= 11 is 5.48. The molecule has 74 valence electrons. The molecule has 0 radical (unpaired) electrons. The Bertz CT molecular complexity index is 457. The zero-order valence-electron chi connectivity index (χ0n) is 8.43. The molecular weight excluding hydrogens is 256 g/mol. The van der Waals surface area contributed by atoms with E-state index in [0.717, 1.165) is 12.8 Å². The average molecular weight is 269 g/mol. The Kier molecular flexibility index (Phi) is 2.93. The van der Waals surface area contributed by atoms with Gasteiger partial charge in [-0.25, -0.2) is 0 Å². The highest BCUT2D eigenvalue weighted by molar-refractivity contribution is 9.10. The highest BCUT2D eigenvalue weighted by atomic mass is 79.9. The van der Waals surface area contributed by atoms with Crippen LogP contribution in [0.4, 0.5) is 0 Å². The molecule has 1 aromatic heterocycles. The van der Waals surface area contributed by atoms with Crippen LogP contribution in [0.3, 0.4) is 0 Å². The Morgan fingerprint density at radius 3 is 2.64 bits per heavy atom. The van der Waals surface area contributed by atoms with Crippen molar-refractivity contribution in [2.45, 2.75) is 26.7 Å². The van der Waals surface area contributed by atoms with Gasteiger partial charge in [0.15, 0.2) is 0 Å². The Morgan fingerprint density at radius 1 is 1.21 bits per heavy atom. The molecule has 0 N–H and O–H groups in total. The third-order valence-corrected chi connectivity index (χ3v) is 4.52. The summed E-state index contributed by atoms with van der Waals surface area (Å²) in [5, 5.41) is 3.71. The summed E-state index contributed by atoms with van der Waals surface area (Å²) in [6.45, 7) is 4.42. The predicted molar refractivity (Wildman–Crippen MR) is 68.3 cm³/mol. The number of hydrogen-bond acceptors (Lipinski definition) is 1. The second-order valence-corrected chi connectivity index (χ2v) is 5.16. The number of rotatable bonds is 2. The van der Waals surface area contributed by atoms with Crippen LogP contribution in [-0.2, 0) is 12.8 Å². The van der Waals surface area contributed by atoms with Gasteiger partial charge in [-0.15, -0.1) is 11.3 Å². The first-order chi connectivity index (χ1) is 6.76. The fraction of sp³-hybridized carbons (Fsp3) is 0.333. The van der Waals surface area contributed by atoms with Crippen molar-refractivity contribution in [3.8, 4) is 0 Å². The largest absolute Gasteiger partial charge is 0.142 e. The normalized spacial score (nSPS) is 11.1. The minimum atomic E-state index is 1.10. The van der Waals surface area contributed by atoms with Gasteiger partial charge in [0.2, 0.25) is 0 Å². The molecule has 0 bridgehead atoms. The van der Waals surface area contributed by atoms with Gasteiger partial charge in [-0.3, -0.25) is 0 Å². The van der Waals surface area contributed by atoms with Crippen molar-refractivity contribution >= 4 is 37.4 Å². The van der Waals surface area contributed by atoms with Gasteiger partial charge < -0.3 is 0 Å². The maximum atomic E-state index is 3.64. The average Bonchev–Trinajstić information content (AvgIpc) is 2.61. The van der Waals surface area contributed by atoms with Crippen molar-refractivity contribution in [2.24, 2.45) is 0 Å². The molecule has 2 rings (SSSR count). The first kappa shape index (κ1) is 10.2. The molecule has 0 unspecified atom stereocenters. The first-order valence-electron chi connectivity index (χ1n) is 4.94. The third-order valence-electron chi connectivity index (χ3n) is 2.56. The van der Waals surface area contributed by atoms with Gasteiger partial charge in [0.1, 0.15) is 0 Å². The van der Waals surface area contributed by atoms with E-state index < -0.39 is 0 Å². The summed E-state index contributed by atoms with van der Waals surface area (Å²) in [5.41, 5.74) is 2.89. The number of fused-ring (bicyclic) bond motifs is 1. The minimum absolute atomic E-state index is 1.10. The third kappa shape index (κ3) is 1.61. The first-order valence-corrected chi connectivity index (χ1v) is 6.62. The van der Waals surface area contributed by atoms with E-state index in [1.54, 1.807) is 0 Å². The van der Waals surface area contributed by atoms with Crippen molar-refractivity contribution in [3.63, 3.8) is 0 Å². The Labute approximate surface area is 97.1 Å². The van der Waals surface area contributed by atoms with E-state index in [1.807, 2.05) is 11.3 Å². The van der Waals surface area contributed by atoms with E-state index in [0.29, 0.717) is 0 Å². The van der Waals surface area contributed by atoms with Gasteiger partial charge in [0, 0.05) is 9.17 Å². The second-order valence-electron chi connectivity index (χ2n) is 3.42. The van der Waals surface area contributed by atoms with Crippen molar-refractivity contribution in [3.05, 3.63) is 33.1 Å². The summed E-state index contributed by atoms with van der Waals surface area (Å²) in [7, 11) is 0. The molecule has 1 heterocycles. The topological polar surface area (TPSA) is 0 Å². The fourth-order valence-corrected chi connectivity index (χ4v) is 3.51. The molecule has 0 saturated heterocycles. The molecule has 0 saturated carbocycles. The van der Waals surface area contributed by atoms with Crippen molar-refractivity contribution < 1.29 is 0 Å². The molecule has 0 amide bonds. The van der Waals surface area contributed by atoms with Crippen LogP contribution in [0, 0.1) is 0 Å². The van der Waals surface area contributed by atoms with Crippen molar-refractivity contribution in [2.75, 3.05) is 0 Å². The number of aryl methyl sites for hydroxylation is 2. The molecular formula is C12H13BrS. The fourth-order valence-electron chi connectivity index (χ4n) is 1.68. The number of thiophene rings is 1. The van der Waals surface area contributed by atoms with E-state index in [4.69, 9.17) is 0 Å². The zero-order valence-corrected chi connectivity index (χ0v) is 10.8. The zero-order chi connectivity index (χ0) is 10.1. The standard InChI is InChI=1S/C12H13BrS/c1-3-8-5-10-9(4-2)7-14-12(10)11(13)6-8/h5-7H,3-4H2,1-2H3. The lowest BCUT2D eigenvalue weighted by Gasteiger charge is -2.01. The van der Waals surface area contributed by atoms with Gasteiger partial charge in [0.05, 0.1) is 0 Å². The van der Waals surface area contributed by atoms with Crippen LogP contribution in [0.25, 0.3) is 10.1 Å². The van der Waals surface area contributed by atoms with Crippen molar-refractivity contribution in [1.29, 1.82) is 0 Å². The molecule has 0 aliphatic heterocycles. The molecule has 1 aromatic carbocycles. The van der Waals surface area contributed by atoms with Crippen LogP contribution < -0.4 is 0 Å². The Morgan fingerprint density at radius 2 is 2.00 bits per heavy atom. The van der Waals surface area contributed by atoms with Crippen LogP contribution in [0.15, 0.2) is 22.0 Å². The molecule has 0 spiro atoms. The van der Waals surface area contributed by atoms with E-state index in [9.17, 15) is 0 Å². The summed E-state index contributed by atoms with van der Waals surface area (Å²) in [5.74, 6) is 0. The minimum Gasteiger partial charge on any atom is -0.142 e. The lowest BCUT2D eigenvalue weighted by molar-refractivity contribution is 1.14. The molecule has 0 nitrogen and oxygen atoms in total. The maximum Gasteiger partial charge on any atom is 0.0487 e. The van der Waals surface area contributed by atoms with Gasteiger partial charge in [-0.1, -0.05) is 13.8 Å². The predicted octanol–water partition coefficient (Wildman–Crippen LogP) is 4.79.